The van der Waals surface area contributed by atoms with Gasteiger partial charge in [0.2, 0.25) is 0 Å². The Morgan fingerprint density at radius 3 is 2.70 bits per heavy atom. The van der Waals surface area contributed by atoms with Gasteiger partial charge < -0.3 is 10.0 Å². The zero-order chi connectivity index (χ0) is 16.1. The number of piperidine rings is 1. The molecule has 0 aliphatic carbocycles. The maximum Gasteiger partial charge on any atom is 0.304 e. The minimum absolute atomic E-state index is 0.275. The summed E-state index contributed by atoms with van der Waals surface area (Å²) >= 11 is 0. The van der Waals surface area contributed by atoms with Gasteiger partial charge in [-0.2, -0.15) is 0 Å². The molecule has 0 radical (unpaired) electrons. The molecule has 0 aromatic heterocycles. The monoisotopic (exact) mass is 316 g/mol. The van der Waals surface area contributed by atoms with Gasteiger partial charge in [0.05, 0.1) is 6.42 Å². The Kier molecular flexibility index (Phi) is 5.68. The largest absolute Gasteiger partial charge is 0.481 e. The first-order chi connectivity index (χ1) is 11.2. The van der Waals surface area contributed by atoms with Gasteiger partial charge in [-0.1, -0.05) is 30.3 Å². The van der Waals surface area contributed by atoms with E-state index in [4.69, 9.17) is 5.11 Å². The van der Waals surface area contributed by atoms with E-state index in [0.717, 1.165) is 32.0 Å². The van der Waals surface area contributed by atoms with Crippen LogP contribution in [-0.4, -0.2) is 59.6 Å². The Balaban J connectivity index is 1.48. The fraction of sp³-hybridized carbons (Fsp3) is 0.632. The molecule has 3 aliphatic heterocycles. The fourth-order valence-corrected chi connectivity index (χ4v) is 4.12. The number of carbonyl (C=O) groups is 1. The molecule has 3 fully saturated rings. The summed E-state index contributed by atoms with van der Waals surface area (Å²) in [7, 11) is 0. The molecule has 4 rings (SSSR count). The molecule has 2 bridgehead atoms. The lowest BCUT2D eigenvalue weighted by molar-refractivity contribution is -0.137. The van der Waals surface area contributed by atoms with Crippen LogP contribution in [0.5, 0.6) is 0 Å². The maximum atomic E-state index is 10.8. The van der Waals surface area contributed by atoms with Gasteiger partial charge in [-0.15, -0.1) is 0 Å². The number of fused-ring (bicyclic) bond motifs is 4. The Morgan fingerprint density at radius 1 is 1.09 bits per heavy atom. The van der Waals surface area contributed by atoms with E-state index in [0.29, 0.717) is 12.6 Å². The smallest absolute Gasteiger partial charge is 0.304 e. The van der Waals surface area contributed by atoms with Crippen molar-refractivity contribution >= 4 is 5.97 Å². The van der Waals surface area contributed by atoms with Crippen LogP contribution in [0.15, 0.2) is 30.3 Å². The molecule has 0 unspecified atom stereocenters. The number of aryl methyl sites for hydroxylation is 1. The van der Waals surface area contributed by atoms with Crippen LogP contribution >= 0.6 is 0 Å². The molecule has 1 N–H and O–H groups in total. The topological polar surface area (TPSA) is 43.8 Å². The van der Waals surface area contributed by atoms with Crippen LogP contribution in [0.1, 0.15) is 31.2 Å². The summed E-state index contributed by atoms with van der Waals surface area (Å²) in [5.74, 6) is 0.0455. The van der Waals surface area contributed by atoms with E-state index < -0.39 is 5.97 Å². The van der Waals surface area contributed by atoms with Gasteiger partial charge in [0.1, 0.15) is 0 Å². The highest BCUT2D eigenvalue weighted by atomic mass is 16.4. The number of aliphatic carboxylic acids is 1. The van der Waals surface area contributed by atoms with Gasteiger partial charge >= 0.3 is 5.97 Å². The number of benzene rings is 1. The summed E-state index contributed by atoms with van der Waals surface area (Å²) < 4.78 is 0. The fourth-order valence-electron chi connectivity index (χ4n) is 4.12. The average Bonchev–Trinajstić information content (AvgIpc) is 2.84. The first-order valence-corrected chi connectivity index (χ1v) is 8.93. The van der Waals surface area contributed by atoms with Crippen molar-refractivity contribution in [1.82, 2.24) is 9.80 Å². The molecule has 4 heteroatoms. The van der Waals surface area contributed by atoms with E-state index >= 15 is 0 Å². The molecule has 3 aliphatic rings. The van der Waals surface area contributed by atoms with Gasteiger partial charge in [-0.05, 0) is 43.7 Å². The van der Waals surface area contributed by atoms with Crippen molar-refractivity contribution in [3.05, 3.63) is 35.9 Å². The van der Waals surface area contributed by atoms with Crippen LogP contribution in [0.25, 0.3) is 0 Å². The Bertz CT molecular complexity index is 505. The van der Waals surface area contributed by atoms with E-state index in [2.05, 4.69) is 40.1 Å². The van der Waals surface area contributed by atoms with E-state index in [9.17, 15) is 4.79 Å². The van der Waals surface area contributed by atoms with Crippen LogP contribution in [0.4, 0.5) is 0 Å². The first kappa shape index (κ1) is 16.5. The maximum absolute atomic E-state index is 10.8. The molecule has 0 spiro atoms. The zero-order valence-electron chi connectivity index (χ0n) is 13.9. The molecule has 3 saturated heterocycles. The second-order valence-corrected chi connectivity index (χ2v) is 7.08. The number of carboxylic acid groups (broad SMARTS) is 1. The van der Waals surface area contributed by atoms with Crippen molar-refractivity contribution in [2.24, 2.45) is 5.92 Å². The van der Waals surface area contributed by atoms with Crippen LogP contribution in [0, 0.1) is 5.92 Å². The first-order valence-electron chi connectivity index (χ1n) is 8.93. The lowest BCUT2D eigenvalue weighted by Gasteiger charge is -2.35. The molecule has 0 amide bonds. The Hall–Kier alpha value is -1.39. The van der Waals surface area contributed by atoms with E-state index in [1.54, 1.807) is 0 Å². The van der Waals surface area contributed by atoms with Crippen molar-refractivity contribution in [3.63, 3.8) is 0 Å². The third-order valence-corrected chi connectivity index (χ3v) is 5.30. The third kappa shape index (κ3) is 4.79. The molecular weight excluding hydrogens is 288 g/mol. The van der Waals surface area contributed by atoms with E-state index in [1.165, 1.54) is 31.4 Å². The van der Waals surface area contributed by atoms with Crippen molar-refractivity contribution in [3.8, 4) is 0 Å². The number of nitrogens with zero attached hydrogens (tertiary/aromatic N) is 2. The third-order valence-electron chi connectivity index (χ3n) is 5.30. The van der Waals surface area contributed by atoms with Gasteiger partial charge in [0, 0.05) is 32.2 Å². The molecule has 2 atom stereocenters. The van der Waals surface area contributed by atoms with Crippen LogP contribution in [0.3, 0.4) is 0 Å². The summed E-state index contributed by atoms with van der Waals surface area (Å²) in [4.78, 5) is 15.9. The minimum Gasteiger partial charge on any atom is -0.481 e. The summed E-state index contributed by atoms with van der Waals surface area (Å²) in [6.07, 6.45) is 5.17. The average molecular weight is 316 g/mol. The molecule has 1 aromatic rings. The molecule has 0 saturated carbocycles. The van der Waals surface area contributed by atoms with Gasteiger partial charge in [0.15, 0.2) is 0 Å². The van der Waals surface area contributed by atoms with Gasteiger partial charge in [-0.25, -0.2) is 0 Å². The Morgan fingerprint density at radius 2 is 1.91 bits per heavy atom. The number of carboxylic acids is 1. The summed E-state index contributed by atoms with van der Waals surface area (Å²) in [6.45, 7) is 5.27. The lowest BCUT2D eigenvalue weighted by Crippen LogP contribution is -2.44. The predicted octanol–water partition coefficient (Wildman–Crippen LogP) is 2.49. The molecular formula is C19H28N2O2. The highest BCUT2D eigenvalue weighted by molar-refractivity contribution is 5.66. The summed E-state index contributed by atoms with van der Waals surface area (Å²) in [5, 5.41) is 8.92. The normalized spacial score (nSPS) is 25.4. The molecule has 23 heavy (non-hydrogen) atoms. The van der Waals surface area contributed by atoms with Crippen LogP contribution < -0.4 is 0 Å². The Labute approximate surface area is 139 Å². The van der Waals surface area contributed by atoms with Gasteiger partial charge in [0.25, 0.3) is 0 Å². The predicted molar refractivity (Wildman–Crippen MR) is 91.5 cm³/mol. The summed E-state index contributed by atoms with van der Waals surface area (Å²) in [5.41, 5.74) is 1.42. The highest BCUT2D eigenvalue weighted by Gasteiger charge is 2.34. The SMILES string of the molecule is O=C(O)CCN1C[C@H]2CC[C@@H]1CN(CCCc1ccccc1)C2. The van der Waals surface area contributed by atoms with Crippen molar-refractivity contribution in [2.75, 3.05) is 32.7 Å². The second-order valence-electron chi connectivity index (χ2n) is 7.08. The van der Waals surface area contributed by atoms with Crippen molar-refractivity contribution in [1.29, 1.82) is 0 Å². The van der Waals surface area contributed by atoms with Gasteiger partial charge in [-0.3, -0.25) is 9.69 Å². The standard InChI is InChI=1S/C19H28N2O2/c22-19(23)10-12-21-14-17-8-9-18(21)15-20(13-17)11-4-7-16-5-2-1-3-6-16/h1-3,5-6,17-18H,4,7-15H2,(H,22,23)/t17-,18+/m0/s1. The van der Waals surface area contributed by atoms with Crippen molar-refractivity contribution < 1.29 is 9.90 Å². The van der Waals surface area contributed by atoms with Crippen molar-refractivity contribution in [2.45, 2.75) is 38.1 Å². The second kappa shape index (κ2) is 7.93. The number of rotatable bonds is 7. The minimum atomic E-state index is -0.676. The number of hydrogen-bond acceptors (Lipinski definition) is 3. The zero-order valence-corrected chi connectivity index (χ0v) is 13.9. The van der Waals surface area contributed by atoms with E-state index in [-0.39, 0.29) is 6.42 Å². The summed E-state index contributed by atoms with van der Waals surface area (Å²) in [6, 6.07) is 11.3. The van der Waals surface area contributed by atoms with E-state index in [1.807, 2.05) is 0 Å². The lowest BCUT2D eigenvalue weighted by atomic mass is 9.95. The van der Waals surface area contributed by atoms with Crippen LogP contribution in [-0.2, 0) is 11.2 Å². The molecule has 126 valence electrons. The molecule has 4 nitrogen and oxygen atoms in total. The molecule has 1 aromatic carbocycles. The quantitative estimate of drug-likeness (QED) is 0.839. The van der Waals surface area contributed by atoms with Crippen LogP contribution in [0.2, 0.25) is 0 Å². The highest BCUT2D eigenvalue weighted by Crippen LogP contribution is 2.28. The molecule has 3 heterocycles. The number of hydrogen-bond donors (Lipinski definition) is 1.